The zero-order valence-corrected chi connectivity index (χ0v) is 20.4. The number of benzene rings is 1. The molecule has 0 spiro atoms. The third kappa shape index (κ3) is 8.57. The molecule has 1 amide bonds. The molecule has 1 aromatic carbocycles. The molecule has 0 aliphatic carbocycles. The van der Waals surface area contributed by atoms with Crippen molar-refractivity contribution in [1.29, 1.82) is 0 Å². The van der Waals surface area contributed by atoms with Crippen molar-refractivity contribution in [3.8, 4) is 0 Å². The number of amides is 1. The van der Waals surface area contributed by atoms with Crippen LogP contribution in [0, 0.1) is 23.8 Å². The van der Waals surface area contributed by atoms with Gasteiger partial charge in [0.2, 0.25) is 5.91 Å². The smallest absolute Gasteiger partial charge is 0.483 e. The molecule has 0 saturated carbocycles. The Morgan fingerprint density at radius 2 is 1.83 bits per heavy atom. The van der Waals surface area contributed by atoms with Crippen LogP contribution in [0.1, 0.15) is 58.1 Å². The zero-order valence-electron chi connectivity index (χ0n) is 15.4. The molecule has 0 bridgehead atoms. The van der Waals surface area contributed by atoms with Gasteiger partial charge in [0.05, 0.1) is 0 Å². The maximum atomic E-state index is 11.5. The Kier molecular flexibility index (Phi) is 11.8. The van der Waals surface area contributed by atoms with Gasteiger partial charge in [-0.3, -0.25) is 9.59 Å². The quantitative estimate of drug-likeness (QED) is 0.567. The van der Waals surface area contributed by atoms with Crippen molar-refractivity contribution in [1.82, 2.24) is 0 Å². The Morgan fingerprint density at radius 3 is 2.17 bits per heavy atom. The Hall–Kier alpha value is -0.0348. The van der Waals surface area contributed by atoms with Crippen LogP contribution in [0.2, 0.25) is 0 Å². The van der Waals surface area contributed by atoms with Crippen molar-refractivity contribution in [3.63, 3.8) is 0 Å². The van der Waals surface area contributed by atoms with Gasteiger partial charge in [0.15, 0.2) is 0 Å². The molecular formula is C18H28NO3Rb. The van der Waals surface area contributed by atoms with Gasteiger partial charge >= 0.3 is 58.2 Å². The molecular weight excluding hydrogens is 364 g/mol. The second-order valence-electron chi connectivity index (χ2n) is 7.05. The first-order valence-electron chi connectivity index (χ1n) is 7.34. The summed E-state index contributed by atoms with van der Waals surface area (Å²) in [6.07, 6.45) is 0.768. The Morgan fingerprint density at radius 1 is 1.35 bits per heavy atom. The first kappa shape index (κ1) is 25.2. The summed E-state index contributed by atoms with van der Waals surface area (Å²) in [5.41, 5.74) is 7.42. The van der Waals surface area contributed by atoms with Crippen LogP contribution in [-0.4, -0.2) is 17.5 Å². The number of nitrogens with two attached hydrogens (primary N) is 1. The minimum Gasteiger partial charge on any atom is -0.483 e. The Bertz CT molecular complexity index is 495. The van der Waals surface area contributed by atoms with E-state index >= 15 is 0 Å². The summed E-state index contributed by atoms with van der Waals surface area (Å²) in [5.74, 6) is 0.117. The fraction of sp³-hybridized carbons (Fsp3) is 0.556. The van der Waals surface area contributed by atoms with Gasteiger partial charge in [0.25, 0.3) is 6.47 Å². The number of hydrogen-bond donors (Lipinski definition) is 2. The zero-order chi connectivity index (χ0) is 17.6. The summed E-state index contributed by atoms with van der Waals surface area (Å²) < 4.78 is 0. The molecule has 0 aromatic heterocycles. The van der Waals surface area contributed by atoms with Crippen molar-refractivity contribution in [3.05, 3.63) is 35.4 Å². The number of carboxylic acid groups (broad SMARTS) is 1. The molecule has 23 heavy (non-hydrogen) atoms. The van der Waals surface area contributed by atoms with Crippen molar-refractivity contribution in [2.45, 2.75) is 53.9 Å². The summed E-state index contributed by atoms with van der Waals surface area (Å²) >= 11 is 0. The van der Waals surface area contributed by atoms with Gasteiger partial charge in [-0.1, -0.05) is 47.5 Å². The number of carbonyl (C=O) groups excluding carboxylic acids is 1. The molecule has 1 aromatic rings. The van der Waals surface area contributed by atoms with Crippen LogP contribution < -0.4 is 63.9 Å². The predicted molar refractivity (Wildman–Crippen MR) is 88.5 cm³/mol. The van der Waals surface area contributed by atoms with E-state index in [0.717, 1.165) is 12.0 Å². The van der Waals surface area contributed by atoms with Crippen LogP contribution in [0.4, 0.5) is 0 Å². The molecule has 0 unspecified atom stereocenters. The molecule has 0 aliphatic heterocycles. The van der Waals surface area contributed by atoms with E-state index in [1.54, 1.807) is 0 Å². The number of carbonyl (C=O) groups is 2. The second kappa shape index (κ2) is 10.8. The molecule has 4 nitrogen and oxygen atoms in total. The Labute approximate surface area is 189 Å². The van der Waals surface area contributed by atoms with E-state index in [0.29, 0.717) is 5.92 Å². The molecule has 0 radical (unpaired) electrons. The maximum absolute atomic E-state index is 11.5. The molecule has 1 rings (SSSR count). The number of hydrogen-bond acceptors (Lipinski definition) is 2. The molecule has 1 atom stereocenters. The molecule has 0 fully saturated rings. The minimum atomic E-state index is -0.480. The van der Waals surface area contributed by atoms with Gasteiger partial charge in [-0.05, 0) is 11.8 Å². The maximum Gasteiger partial charge on any atom is 1.00 e. The summed E-state index contributed by atoms with van der Waals surface area (Å²) in [6.45, 7) is 12.2. The Balaban J connectivity index is 0. The molecule has 0 saturated heterocycles. The SMILES string of the molecule is Cc1[c-]cc([C@H](C)C(C)(C)CC(C)(C)C(N)=O)cc1.O=CO.[Rb+]. The van der Waals surface area contributed by atoms with Crippen LogP contribution >= 0.6 is 0 Å². The minimum absolute atomic E-state index is 0. The van der Waals surface area contributed by atoms with E-state index < -0.39 is 5.41 Å². The predicted octanol–water partition coefficient (Wildman–Crippen LogP) is 0.531. The molecule has 0 heterocycles. The standard InChI is InChI=1S/C17H26NO.CH2O2.Rb/c1-12-7-9-14(10-8-12)13(2)16(3,4)11-17(5,6)15(18)19;2-1-3;/h7,9-10,13H,11H2,1-6H3,(H2,18,19);1H,(H,2,3);/q-1;;+1/t13-;;/m0../s1. The molecule has 0 aliphatic rings. The fourth-order valence-electron chi connectivity index (χ4n) is 2.61. The van der Waals surface area contributed by atoms with Crippen LogP contribution in [0.5, 0.6) is 0 Å². The van der Waals surface area contributed by atoms with E-state index in [-0.39, 0.29) is 76.0 Å². The van der Waals surface area contributed by atoms with Gasteiger partial charge in [-0.15, -0.1) is 0 Å². The van der Waals surface area contributed by atoms with Crippen LogP contribution in [0.15, 0.2) is 18.2 Å². The summed E-state index contributed by atoms with van der Waals surface area (Å²) in [7, 11) is 0. The van der Waals surface area contributed by atoms with Gasteiger partial charge in [0.1, 0.15) is 0 Å². The van der Waals surface area contributed by atoms with Crippen LogP contribution in [-0.2, 0) is 9.59 Å². The van der Waals surface area contributed by atoms with Crippen LogP contribution in [0.25, 0.3) is 0 Å². The van der Waals surface area contributed by atoms with E-state index in [1.165, 1.54) is 5.56 Å². The van der Waals surface area contributed by atoms with Crippen molar-refractivity contribution in [2.24, 2.45) is 16.6 Å². The first-order valence-corrected chi connectivity index (χ1v) is 7.34. The summed E-state index contributed by atoms with van der Waals surface area (Å²) in [6, 6.07) is 9.53. The molecule has 5 heteroatoms. The monoisotopic (exact) mass is 391 g/mol. The average Bonchev–Trinajstić information content (AvgIpc) is 2.38. The third-order valence-electron chi connectivity index (χ3n) is 4.23. The molecule has 3 N–H and O–H groups in total. The topological polar surface area (TPSA) is 80.4 Å². The second-order valence-corrected chi connectivity index (χ2v) is 7.05. The van der Waals surface area contributed by atoms with Gasteiger partial charge in [-0.25, -0.2) is 0 Å². The first-order chi connectivity index (χ1) is 9.97. The number of rotatable bonds is 5. The average molecular weight is 392 g/mol. The number of primary amides is 1. The van der Waals surface area contributed by atoms with E-state index in [2.05, 4.69) is 45.0 Å². The summed E-state index contributed by atoms with van der Waals surface area (Å²) in [4.78, 5) is 19.9. The van der Waals surface area contributed by atoms with E-state index in [1.807, 2.05) is 20.8 Å². The van der Waals surface area contributed by atoms with Gasteiger partial charge in [0, 0.05) is 5.41 Å². The van der Waals surface area contributed by atoms with Crippen molar-refractivity contribution < 1.29 is 72.9 Å². The number of aryl methyl sites for hydroxylation is 1. The fourth-order valence-corrected chi connectivity index (χ4v) is 2.61. The third-order valence-corrected chi connectivity index (χ3v) is 4.23. The van der Waals surface area contributed by atoms with Gasteiger partial charge < -0.3 is 10.8 Å². The van der Waals surface area contributed by atoms with Crippen LogP contribution in [0.3, 0.4) is 0 Å². The molecule has 124 valence electrons. The van der Waals surface area contributed by atoms with Crippen molar-refractivity contribution in [2.75, 3.05) is 0 Å². The van der Waals surface area contributed by atoms with E-state index in [4.69, 9.17) is 15.6 Å². The normalized spacial score (nSPS) is 12.3. The largest absolute Gasteiger partial charge is 1.00 e. The summed E-state index contributed by atoms with van der Waals surface area (Å²) in [5, 5.41) is 6.89. The van der Waals surface area contributed by atoms with Gasteiger partial charge in [-0.2, -0.15) is 35.4 Å². The van der Waals surface area contributed by atoms with E-state index in [9.17, 15) is 4.79 Å². The van der Waals surface area contributed by atoms with Crippen molar-refractivity contribution >= 4 is 12.4 Å².